The van der Waals surface area contributed by atoms with Gasteiger partial charge >= 0.3 is 0 Å². The van der Waals surface area contributed by atoms with Gasteiger partial charge in [0, 0.05) is 11.6 Å². The molecule has 0 aliphatic heterocycles. The van der Waals surface area contributed by atoms with Crippen molar-refractivity contribution in [1.82, 2.24) is 9.97 Å². The second kappa shape index (κ2) is 4.79. The molecule has 0 atom stereocenters. The number of hydrogen-bond acceptors (Lipinski definition) is 4. The number of aromatic nitrogens is 2. The minimum absolute atomic E-state index is 0.246. The maximum Gasteiger partial charge on any atom is 0.188 e. The quantitative estimate of drug-likeness (QED) is 0.581. The van der Waals surface area contributed by atoms with Crippen LogP contribution in [0.4, 0.5) is 15.2 Å². The van der Waals surface area contributed by atoms with Crippen LogP contribution in [0.15, 0.2) is 54.7 Å². The van der Waals surface area contributed by atoms with Gasteiger partial charge in [0.2, 0.25) is 0 Å². The lowest BCUT2D eigenvalue weighted by Crippen LogP contribution is -1.91. The van der Waals surface area contributed by atoms with Crippen molar-refractivity contribution in [3.05, 3.63) is 60.5 Å². The minimum Gasteiger partial charge on any atom is -0.330 e. The summed E-state index contributed by atoms with van der Waals surface area (Å²) >= 11 is 1.42. The number of anilines is 2. The topological polar surface area (TPSA) is 37.8 Å². The predicted molar refractivity (Wildman–Crippen MR) is 84.6 cm³/mol. The second-order valence-corrected chi connectivity index (χ2v) is 5.67. The van der Waals surface area contributed by atoms with Crippen molar-refractivity contribution in [1.29, 1.82) is 0 Å². The van der Waals surface area contributed by atoms with E-state index in [0.29, 0.717) is 0 Å². The van der Waals surface area contributed by atoms with Crippen LogP contribution >= 0.6 is 11.3 Å². The van der Waals surface area contributed by atoms with Gasteiger partial charge in [0.25, 0.3) is 0 Å². The Bertz CT molecular complexity index is 943. The molecule has 2 aromatic carbocycles. The van der Waals surface area contributed by atoms with Crippen molar-refractivity contribution >= 4 is 43.3 Å². The number of rotatable bonds is 2. The molecule has 0 aliphatic carbocycles. The van der Waals surface area contributed by atoms with Crippen LogP contribution in [0.5, 0.6) is 0 Å². The summed E-state index contributed by atoms with van der Waals surface area (Å²) in [7, 11) is 0. The molecule has 4 rings (SSSR count). The van der Waals surface area contributed by atoms with Gasteiger partial charge in [0.15, 0.2) is 5.13 Å². The molecule has 5 heteroatoms. The van der Waals surface area contributed by atoms with E-state index in [-0.39, 0.29) is 5.82 Å². The number of nitrogens with one attached hydrogen (secondary N) is 1. The van der Waals surface area contributed by atoms with Crippen LogP contribution in [0.3, 0.4) is 0 Å². The highest BCUT2D eigenvalue weighted by Crippen LogP contribution is 2.30. The Morgan fingerprint density at radius 1 is 1.05 bits per heavy atom. The Balaban J connectivity index is 1.79. The molecule has 21 heavy (non-hydrogen) atoms. The van der Waals surface area contributed by atoms with Gasteiger partial charge in [-0.1, -0.05) is 29.5 Å². The van der Waals surface area contributed by atoms with E-state index >= 15 is 0 Å². The third-order valence-corrected chi connectivity index (χ3v) is 4.16. The smallest absolute Gasteiger partial charge is 0.188 e. The third-order valence-electron chi connectivity index (χ3n) is 3.22. The van der Waals surface area contributed by atoms with E-state index in [1.807, 2.05) is 30.3 Å². The van der Waals surface area contributed by atoms with E-state index < -0.39 is 0 Å². The monoisotopic (exact) mass is 295 g/mol. The molecule has 3 nitrogen and oxygen atoms in total. The number of hydrogen-bond donors (Lipinski definition) is 1. The summed E-state index contributed by atoms with van der Waals surface area (Å²) in [6.45, 7) is 0. The van der Waals surface area contributed by atoms with Crippen molar-refractivity contribution in [2.45, 2.75) is 0 Å². The van der Waals surface area contributed by atoms with Crippen LogP contribution in [-0.2, 0) is 0 Å². The average Bonchev–Trinajstić information content (AvgIpc) is 2.89. The fraction of sp³-hybridized carbons (Fsp3) is 0. The Morgan fingerprint density at radius 3 is 2.90 bits per heavy atom. The molecule has 0 saturated carbocycles. The molecule has 1 N–H and O–H groups in total. The van der Waals surface area contributed by atoms with Gasteiger partial charge in [0.05, 0.1) is 21.4 Å². The molecule has 0 amide bonds. The van der Waals surface area contributed by atoms with Crippen molar-refractivity contribution < 1.29 is 4.39 Å². The van der Waals surface area contributed by atoms with E-state index in [9.17, 15) is 4.39 Å². The first kappa shape index (κ1) is 12.2. The number of halogens is 1. The average molecular weight is 295 g/mol. The zero-order valence-corrected chi connectivity index (χ0v) is 11.7. The van der Waals surface area contributed by atoms with Crippen LogP contribution in [0.25, 0.3) is 21.1 Å². The van der Waals surface area contributed by atoms with Gasteiger partial charge < -0.3 is 5.32 Å². The van der Waals surface area contributed by atoms with E-state index in [1.165, 1.54) is 23.5 Å². The van der Waals surface area contributed by atoms with Gasteiger partial charge in [0.1, 0.15) is 5.82 Å². The van der Waals surface area contributed by atoms with Crippen molar-refractivity contribution in [2.24, 2.45) is 0 Å². The molecule has 2 heterocycles. The first-order chi connectivity index (χ1) is 10.3. The Morgan fingerprint density at radius 2 is 1.95 bits per heavy atom. The molecule has 2 aromatic heterocycles. The van der Waals surface area contributed by atoms with Crippen molar-refractivity contribution in [3.8, 4) is 0 Å². The van der Waals surface area contributed by atoms with Gasteiger partial charge in [-0.3, -0.25) is 4.98 Å². The lowest BCUT2D eigenvalue weighted by Gasteiger charge is -2.05. The van der Waals surface area contributed by atoms with Crippen LogP contribution < -0.4 is 5.32 Å². The lowest BCUT2D eigenvalue weighted by molar-refractivity contribution is 0.630. The van der Waals surface area contributed by atoms with E-state index in [0.717, 1.165) is 31.9 Å². The first-order valence-corrected chi connectivity index (χ1v) is 7.28. The molecule has 0 bridgehead atoms. The van der Waals surface area contributed by atoms with Crippen molar-refractivity contribution in [3.63, 3.8) is 0 Å². The molecule has 0 radical (unpaired) electrons. The fourth-order valence-corrected chi connectivity index (χ4v) is 3.18. The van der Waals surface area contributed by atoms with E-state index in [1.54, 1.807) is 12.3 Å². The molecule has 4 aromatic rings. The Hall–Kier alpha value is -2.53. The Kier molecular flexibility index (Phi) is 2.79. The van der Waals surface area contributed by atoms with Gasteiger partial charge in [-0.25, -0.2) is 9.37 Å². The maximum atomic E-state index is 13.2. The summed E-state index contributed by atoms with van der Waals surface area (Å²) in [5.74, 6) is -0.246. The largest absolute Gasteiger partial charge is 0.330 e. The highest BCUT2D eigenvalue weighted by molar-refractivity contribution is 7.22. The van der Waals surface area contributed by atoms with Gasteiger partial charge in [-0.2, -0.15) is 0 Å². The number of benzene rings is 2. The number of fused-ring (bicyclic) bond motifs is 2. The normalized spacial score (nSPS) is 11.1. The summed E-state index contributed by atoms with van der Waals surface area (Å²) in [6, 6.07) is 14.5. The predicted octanol–water partition coefficient (Wildman–Crippen LogP) is 4.73. The molecule has 0 unspecified atom stereocenters. The standard InChI is InChI=1S/C16H10FN3S/c17-11-6-7-12-14(9-11)21-16(19-12)20-13-5-1-3-10-4-2-8-18-15(10)13/h1-9H,(H,19,20). The SMILES string of the molecule is Fc1ccc2nc(Nc3cccc4cccnc34)sc2c1. The van der Waals surface area contributed by atoms with Crippen LogP contribution in [0, 0.1) is 5.82 Å². The molecular weight excluding hydrogens is 285 g/mol. The number of para-hydroxylation sites is 1. The molecular formula is C16H10FN3S. The lowest BCUT2D eigenvalue weighted by atomic mass is 10.2. The Labute approximate surface area is 124 Å². The summed E-state index contributed by atoms with van der Waals surface area (Å²) in [5.41, 5.74) is 2.58. The van der Waals surface area contributed by atoms with Crippen molar-refractivity contribution in [2.75, 3.05) is 5.32 Å². The molecule has 0 saturated heterocycles. The highest BCUT2D eigenvalue weighted by Gasteiger charge is 2.07. The van der Waals surface area contributed by atoms with E-state index in [2.05, 4.69) is 15.3 Å². The zero-order chi connectivity index (χ0) is 14.2. The number of thiazole rings is 1. The molecule has 102 valence electrons. The van der Waals surface area contributed by atoms with Crippen LogP contribution in [0.2, 0.25) is 0 Å². The number of pyridine rings is 1. The van der Waals surface area contributed by atoms with Crippen LogP contribution in [-0.4, -0.2) is 9.97 Å². The first-order valence-electron chi connectivity index (χ1n) is 6.46. The summed E-state index contributed by atoms with van der Waals surface area (Å²) in [4.78, 5) is 8.87. The van der Waals surface area contributed by atoms with Gasteiger partial charge in [-0.15, -0.1) is 0 Å². The van der Waals surface area contributed by atoms with Gasteiger partial charge in [-0.05, 0) is 30.3 Å². The molecule has 0 fully saturated rings. The highest BCUT2D eigenvalue weighted by atomic mass is 32.1. The summed E-state index contributed by atoms with van der Waals surface area (Å²) in [6.07, 6.45) is 1.77. The summed E-state index contributed by atoms with van der Waals surface area (Å²) in [5, 5.41) is 5.07. The molecule has 0 aliphatic rings. The van der Waals surface area contributed by atoms with Crippen LogP contribution in [0.1, 0.15) is 0 Å². The second-order valence-electron chi connectivity index (χ2n) is 4.64. The van der Waals surface area contributed by atoms with E-state index in [4.69, 9.17) is 0 Å². The fourth-order valence-electron chi connectivity index (χ4n) is 2.27. The maximum absolute atomic E-state index is 13.2. The minimum atomic E-state index is -0.246. The molecule has 0 spiro atoms. The third kappa shape index (κ3) is 2.21. The zero-order valence-electron chi connectivity index (χ0n) is 10.9. The number of nitrogens with zero attached hydrogens (tertiary/aromatic N) is 2. The summed E-state index contributed by atoms with van der Waals surface area (Å²) < 4.78 is 14.1.